The molecular formula is C16H25ClN2O. The number of halogens is 1. The summed E-state index contributed by atoms with van der Waals surface area (Å²) < 4.78 is 0. The van der Waals surface area contributed by atoms with Crippen molar-refractivity contribution in [3.8, 4) is 0 Å². The maximum atomic E-state index is 12.6. The number of rotatable bonds is 3. The summed E-state index contributed by atoms with van der Waals surface area (Å²) in [7, 11) is 1.97. The third-order valence-electron chi connectivity index (χ3n) is 4.05. The fraction of sp³-hybridized carbons (Fsp3) is 0.562. The highest BCUT2D eigenvalue weighted by molar-refractivity contribution is 5.85. The molecule has 112 valence electrons. The Bertz CT molecular complexity index is 450. The van der Waals surface area contributed by atoms with Gasteiger partial charge in [0.15, 0.2) is 0 Å². The Morgan fingerprint density at radius 1 is 1.45 bits per heavy atom. The van der Waals surface area contributed by atoms with Gasteiger partial charge in [-0.3, -0.25) is 4.79 Å². The first kappa shape index (κ1) is 17.0. The van der Waals surface area contributed by atoms with Crippen molar-refractivity contribution >= 4 is 18.3 Å². The average Bonchev–Trinajstić information content (AvgIpc) is 2.45. The van der Waals surface area contributed by atoms with E-state index in [1.165, 1.54) is 12.0 Å². The molecule has 0 aliphatic carbocycles. The van der Waals surface area contributed by atoms with Gasteiger partial charge in [-0.2, -0.15) is 0 Å². The first-order valence-corrected chi connectivity index (χ1v) is 7.14. The summed E-state index contributed by atoms with van der Waals surface area (Å²) in [5.74, 6) is 0.209. The largest absolute Gasteiger partial charge is 0.341 e. The van der Waals surface area contributed by atoms with Gasteiger partial charge in [0.2, 0.25) is 5.91 Å². The molecule has 1 fully saturated rings. The van der Waals surface area contributed by atoms with Crippen LogP contribution in [0.5, 0.6) is 0 Å². The Balaban J connectivity index is 0.00000200. The summed E-state index contributed by atoms with van der Waals surface area (Å²) in [6.45, 7) is 5.82. The monoisotopic (exact) mass is 296 g/mol. The third kappa shape index (κ3) is 3.97. The van der Waals surface area contributed by atoms with E-state index in [-0.39, 0.29) is 24.2 Å². The Labute approximate surface area is 128 Å². The van der Waals surface area contributed by atoms with E-state index >= 15 is 0 Å². The summed E-state index contributed by atoms with van der Waals surface area (Å²) >= 11 is 0. The number of likely N-dealkylation sites (tertiary alicyclic amines) is 1. The lowest BCUT2D eigenvalue weighted by Gasteiger charge is -2.34. The normalized spacial score (nSPS) is 20.1. The van der Waals surface area contributed by atoms with Crippen molar-refractivity contribution in [3.63, 3.8) is 0 Å². The molecule has 0 bridgehead atoms. The maximum absolute atomic E-state index is 12.6. The fourth-order valence-electron chi connectivity index (χ4n) is 2.77. The van der Waals surface area contributed by atoms with Gasteiger partial charge in [0.1, 0.15) is 0 Å². The molecule has 1 N–H and O–H groups in total. The number of hydrogen-bond acceptors (Lipinski definition) is 2. The molecule has 1 saturated heterocycles. The molecule has 0 saturated carbocycles. The maximum Gasteiger partial charge on any atom is 0.229 e. The highest BCUT2D eigenvalue weighted by Gasteiger charge is 2.26. The number of benzene rings is 1. The van der Waals surface area contributed by atoms with E-state index < -0.39 is 0 Å². The van der Waals surface area contributed by atoms with Crippen molar-refractivity contribution in [2.45, 2.75) is 38.6 Å². The van der Waals surface area contributed by atoms with Crippen LogP contribution >= 0.6 is 12.4 Å². The number of hydrogen-bond donors (Lipinski definition) is 1. The Kier molecular flexibility index (Phi) is 6.50. The van der Waals surface area contributed by atoms with Gasteiger partial charge in [0.05, 0.1) is 5.92 Å². The Morgan fingerprint density at radius 3 is 2.85 bits per heavy atom. The average molecular weight is 297 g/mol. The number of piperidine rings is 1. The lowest BCUT2D eigenvalue weighted by molar-refractivity contribution is -0.133. The van der Waals surface area contributed by atoms with Crippen molar-refractivity contribution in [1.29, 1.82) is 0 Å². The van der Waals surface area contributed by atoms with Crippen LogP contribution in [0.15, 0.2) is 24.3 Å². The van der Waals surface area contributed by atoms with Crippen LogP contribution in [0.1, 0.15) is 36.8 Å². The van der Waals surface area contributed by atoms with Crippen molar-refractivity contribution in [2.75, 3.05) is 20.1 Å². The topological polar surface area (TPSA) is 32.3 Å². The van der Waals surface area contributed by atoms with Gasteiger partial charge in [-0.1, -0.05) is 29.8 Å². The predicted octanol–water partition coefficient (Wildman–Crippen LogP) is 2.73. The van der Waals surface area contributed by atoms with Crippen LogP contribution in [-0.2, 0) is 4.79 Å². The van der Waals surface area contributed by atoms with Crippen LogP contribution in [0.3, 0.4) is 0 Å². The molecule has 1 heterocycles. The number of aryl methyl sites for hydroxylation is 1. The zero-order valence-corrected chi connectivity index (χ0v) is 13.4. The quantitative estimate of drug-likeness (QED) is 0.930. The summed E-state index contributed by atoms with van der Waals surface area (Å²) in [4.78, 5) is 14.6. The van der Waals surface area contributed by atoms with Gasteiger partial charge in [0, 0.05) is 19.1 Å². The van der Waals surface area contributed by atoms with Crippen molar-refractivity contribution in [3.05, 3.63) is 35.4 Å². The van der Waals surface area contributed by atoms with Crippen molar-refractivity contribution in [1.82, 2.24) is 10.2 Å². The second kappa shape index (κ2) is 7.65. The highest BCUT2D eigenvalue weighted by atomic mass is 35.5. The zero-order valence-electron chi connectivity index (χ0n) is 12.6. The SMILES string of the molecule is CNC1CCCN(C(=O)C(C)c2cccc(C)c2)C1.Cl. The number of carbonyl (C=O) groups is 1. The minimum Gasteiger partial charge on any atom is -0.341 e. The molecule has 0 aromatic heterocycles. The smallest absolute Gasteiger partial charge is 0.229 e. The lowest BCUT2D eigenvalue weighted by Crippen LogP contribution is -2.48. The molecule has 4 heteroatoms. The van der Waals surface area contributed by atoms with E-state index in [4.69, 9.17) is 0 Å². The first-order valence-electron chi connectivity index (χ1n) is 7.14. The van der Waals surface area contributed by atoms with Gasteiger partial charge in [-0.25, -0.2) is 0 Å². The van der Waals surface area contributed by atoms with Gasteiger partial charge < -0.3 is 10.2 Å². The molecule has 1 aliphatic rings. The first-order chi connectivity index (χ1) is 9.11. The molecule has 2 rings (SSSR count). The molecule has 20 heavy (non-hydrogen) atoms. The Hall–Kier alpha value is -1.06. The van der Waals surface area contributed by atoms with E-state index in [2.05, 4.69) is 30.4 Å². The minimum absolute atomic E-state index is 0. The molecule has 0 spiro atoms. The molecular weight excluding hydrogens is 272 g/mol. The summed E-state index contributed by atoms with van der Waals surface area (Å²) in [6.07, 6.45) is 2.26. The van der Waals surface area contributed by atoms with Crippen LogP contribution in [0.25, 0.3) is 0 Å². The number of amides is 1. The fourth-order valence-corrected chi connectivity index (χ4v) is 2.77. The summed E-state index contributed by atoms with van der Waals surface area (Å²) in [6, 6.07) is 8.71. The molecule has 2 atom stereocenters. The van der Waals surface area contributed by atoms with Crippen LogP contribution < -0.4 is 5.32 Å². The number of carbonyl (C=O) groups excluding carboxylic acids is 1. The van der Waals surface area contributed by atoms with E-state index in [0.29, 0.717) is 6.04 Å². The van der Waals surface area contributed by atoms with E-state index in [0.717, 1.165) is 25.1 Å². The predicted molar refractivity (Wildman–Crippen MR) is 85.5 cm³/mol. The standard InChI is InChI=1S/C16H24N2O.ClH/c1-12-6-4-7-14(10-12)13(2)16(19)18-9-5-8-15(11-18)17-3;/h4,6-7,10,13,15,17H,5,8-9,11H2,1-3H3;1H. The van der Waals surface area contributed by atoms with Gasteiger partial charge in [-0.15, -0.1) is 12.4 Å². The summed E-state index contributed by atoms with van der Waals surface area (Å²) in [5, 5.41) is 3.28. The van der Waals surface area contributed by atoms with Crippen LogP contribution in [0.2, 0.25) is 0 Å². The number of likely N-dealkylation sites (N-methyl/N-ethyl adjacent to an activating group) is 1. The third-order valence-corrected chi connectivity index (χ3v) is 4.05. The van der Waals surface area contributed by atoms with E-state index in [1.54, 1.807) is 0 Å². The molecule has 3 nitrogen and oxygen atoms in total. The van der Waals surface area contributed by atoms with Crippen molar-refractivity contribution < 1.29 is 4.79 Å². The lowest BCUT2D eigenvalue weighted by atomic mass is 9.96. The zero-order chi connectivity index (χ0) is 13.8. The number of nitrogens with zero attached hydrogens (tertiary/aromatic N) is 1. The van der Waals surface area contributed by atoms with Gasteiger partial charge >= 0.3 is 0 Å². The number of nitrogens with one attached hydrogen (secondary N) is 1. The van der Waals surface area contributed by atoms with E-state index in [1.807, 2.05) is 24.9 Å². The van der Waals surface area contributed by atoms with Gasteiger partial charge in [0.25, 0.3) is 0 Å². The molecule has 1 amide bonds. The van der Waals surface area contributed by atoms with Crippen LogP contribution in [-0.4, -0.2) is 37.0 Å². The molecule has 2 unspecified atom stereocenters. The van der Waals surface area contributed by atoms with E-state index in [9.17, 15) is 4.79 Å². The summed E-state index contributed by atoms with van der Waals surface area (Å²) in [5.41, 5.74) is 2.33. The molecule has 1 aromatic carbocycles. The second-order valence-electron chi connectivity index (χ2n) is 5.55. The highest BCUT2D eigenvalue weighted by Crippen LogP contribution is 2.21. The van der Waals surface area contributed by atoms with Crippen LogP contribution in [0, 0.1) is 6.92 Å². The molecule has 1 aliphatic heterocycles. The van der Waals surface area contributed by atoms with Gasteiger partial charge in [-0.05, 0) is 39.3 Å². The van der Waals surface area contributed by atoms with Crippen LogP contribution in [0.4, 0.5) is 0 Å². The second-order valence-corrected chi connectivity index (χ2v) is 5.55. The Morgan fingerprint density at radius 2 is 2.20 bits per heavy atom. The minimum atomic E-state index is -0.0458. The molecule has 0 radical (unpaired) electrons. The van der Waals surface area contributed by atoms with Crippen molar-refractivity contribution in [2.24, 2.45) is 0 Å². The molecule has 1 aromatic rings.